The Kier molecular flexibility index (Phi) is 4.74. The van der Waals surface area contributed by atoms with Gasteiger partial charge in [0.25, 0.3) is 0 Å². The number of nitrogens with zero attached hydrogens (tertiary/aromatic N) is 2. The number of nitriles is 1. The second kappa shape index (κ2) is 6.53. The molecule has 0 aromatic heterocycles. The highest BCUT2D eigenvalue weighted by molar-refractivity contribution is 5.85. The predicted molar refractivity (Wildman–Crippen MR) is 79.1 cm³/mol. The van der Waals surface area contributed by atoms with Crippen LogP contribution >= 0.6 is 0 Å². The van der Waals surface area contributed by atoms with Crippen molar-refractivity contribution < 1.29 is 9.59 Å². The molecule has 2 unspecified atom stereocenters. The lowest BCUT2D eigenvalue weighted by Gasteiger charge is -2.29. The molecule has 1 aliphatic carbocycles. The Labute approximate surface area is 125 Å². The van der Waals surface area contributed by atoms with Crippen LogP contribution in [-0.4, -0.2) is 23.6 Å². The van der Waals surface area contributed by atoms with Crippen molar-refractivity contribution in [1.82, 2.24) is 4.90 Å². The number of carbonyl (C=O) groups excluding carboxylic acids is 2. The van der Waals surface area contributed by atoms with Crippen molar-refractivity contribution in [3.8, 4) is 6.07 Å². The second-order valence-corrected chi connectivity index (χ2v) is 5.84. The van der Waals surface area contributed by atoms with Crippen LogP contribution in [0.5, 0.6) is 0 Å². The van der Waals surface area contributed by atoms with Crippen molar-refractivity contribution in [3.63, 3.8) is 0 Å². The molecule has 0 N–H and O–H groups in total. The number of hydrogen-bond acceptors (Lipinski definition) is 3. The number of carbonyl (C=O) groups is 2. The van der Waals surface area contributed by atoms with Gasteiger partial charge in [-0.3, -0.25) is 9.59 Å². The van der Waals surface area contributed by atoms with Crippen molar-refractivity contribution in [2.75, 3.05) is 7.05 Å². The summed E-state index contributed by atoms with van der Waals surface area (Å²) in [6, 6.07) is 9.34. The van der Waals surface area contributed by atoms with E-state index < -0.39 is 0 Å². The predicted octanol–water partition coefficient (Wildman–Crippen LogP) is 2.52. The molecule has 0 heterocycles. The van der Waals surface area contributed by atoms with Crippen LogP contribution in [-0.2, 0) is 16.1 Å². The molecule has 1 aromatic rings. The van der Waals surface area contributed by atoms with Crippen molar-refractivity contribution >= 4 is 11.7 Å². The molecule has 110 valence electrons. The Morgan fingerprint density at radius 1 is 1.38 bits per heavy atom. The zero-order chi connectivity index (χ0) is 15.4. The molecule has 4 nitrogen and oxygen atoms in total. The summed E-state index contributed by atoms with van der Waals surface area (Å²) in [5, 5.41) is 8.77. The monoisotopic (exact) mass is 284 g/mol. The van der Waals surface area contributed by atoms with E-state index in [4.69, 9.17) is 5.26 Å². The average molecular weight is 284 g/mol. The normalized spacial score (nSPS) is 21.7. The zero-order valence-corrected chi connectivity index (χ0v) is 12.5. The van der Waals surface area contributed by atoms with Crippen LogP contribution in [0.3, 0.4) is 0 Å². The molecule has 0 bridgehead atoms. The third-order valence-corrected chi connectivity index (χ3v) is 4.16. The Bertz CT molecular complexity index is 571. The van der Waals surface area contributed by atoms with Crippen LogP contribution in [0.25, 0.3) is 0 Å². The second-order valence-electron chi connectivity index (χ2n) is 5.84. The Morgan fingerprint density at radius 3 is 2.62 bits per heavy atom. The van der Waals surface area contributed by atoms with Gasteiger partial charge >= 0.3 is 0 Å². The van der Waals surface area contributed by atoms with E-state index in [9.17, 15) is 9.59 Å². The number of rotatable bonds is 3. The van der Waals surface area contributed by atoms with Crippen LogP contribution in [0.4, 0.5) is 0 Å². The highest BCUT2D eigenvalue weighted by atomic mass is 16.2. The third kappa shape index (κ3) is 3.69. The van der Waals surface area contributed by atoms with E-state index in [1.807, 2.05) is 19.1 Å². The van der Waals surface area contributed by atoms with Crippen molar-refractivity contribution in [2.24, 2.45) is 11.8 Å². The topological polar surface area (TPSA) is 61.2 Å². The molecule has 1 saturated carbocycles. The van der Waals surface area contributed by atoms with Gasteiger partial charge in [0, 0.05) is 31.8 Å². The number of Topliss-reactive ketones (excluding diaryl/α,β-unsaturated/α-hetero) is 1. The van der Waals surface area contributed by atoms with Gasteiger partial charge in [-0.25, -0.2) is 0 Å². The zero-order valence-electron chi connectivity index (χ0n) is 12.5. The van der Waals surface area contributed by atoms with E-state index >= 15 is 0 Å². The molecular formula is C17H20N2O2. The molecule has 4 heteroatoms. The van der Waals surface area contributed by atoms with Gasteiger partial charge in [-0.2, -0.15) is 5.26 Å². The maximum Gasteiger partial charge on any atom is 0.225 e. The molecule has 1 aromatic carbocycles. The minimum absolute atomic E-state index is 0.00369. The van der Waals surface area contributed by atoms with Crippen LogP contribution in [0, 0.1) is 23.2 Å². The summed E-state index contributed by atoms with van der Waals surface area (Å²) < 4.78 is 0. The van der Waals surface area contributed by atoms with Gasteiger partial charge in [-0.05, 0) is 30.5 Å². The fourth-order valence-corrected chi connectivity index (χ4v) is 2.81. The van der Waals surface area contributed by atoms with Gasteiger partial charge < -0.3 is 4.90 Å². The third-order valence-electron chi connectivity index (χ3n) is 4.16. The van der Waals surface area contributed by atoms with Crippen LogP contribution in [0.15, 0.2) is 24.3 Å². The summed E-state index contributed by atoms with van der Waals surface area (Å²) in [7, 11) is 1.79. The van der Waals surface area contributed by atoms with E-state index in [1.165, 1.54) is 0 Å². The van der Waals surface area contributed by atoms with E-state index in [2.05, 4.69) is 6.07 Å². The fourth-order valence-electron chi connectivity index (χ4n) is 2.81. The molecule has 1 amide bonds. The minimum Gasteiger partial charge on any atom is -0.341 e. The first-order chi connectivity index (χ1) is 10.0. The van der Waals surface area contributed by atoms with Gasteiger partial charge in [-0.15, -0.1) is 0 Å². The van der Waals surface area contributed by atoms with Crippen molar-refractivity contribution in [1.29, 1.82) is 5.26 Å². The summed E-state index contributed by atoms with van der Waals surface area (Å²) >= 11 is 0. The first-order valence-electron chi connectivity index (χ1n) is 7.28. The molecular weight excluding hydrogens is 264 g/mol. The van der Waals surface area contributed by atoms with E-state index in [-0.39, 0.29) is 23.5 Å². The Hall–Kier alpha value is -2.15. The maximum atomic E-state index is 12.4. The molecule has 0 saturated heterocycles. The molecule has 0 aliphatic heterocycles. The lowest BCUT2D eigenvalue weighted by Crippen LogP contribution is -2.36. The quantitative estimate of drug-likeness (QED) is 0.857. The minimum atomic E-state index is -0.0407. The number of amides is 1. The van der Waals surface area contributed by atoms with Gasteiger partial charge in [0.2, 0.25) is 5.91 Å². The van der Waals surface area contributed by atoms with Crippen molar-refractivity contribution in [2.45, 2.75) is 32.7 Å². The van der Waals surface area contributed by atoms with E-state index in [0.717, 1.165) is 5.56 Å². The largest absolute Gasteiger partial charge is 0.341 e. The lowest BCUT2D eigenvalue weighted by molar-refractivity contribution is -0.138. The first kappa shape index (κ1) is 15.2. The summed E-state index contributed by atoms with van der Waals surface area (Å²) in [5.74, 6) is 0.338. The smallest absolute Gasteiger partial charge is 0.225 e. The van der Waals surface area contributed by atoms with E-state index in [1.54, 1.807) is 24.1 Å². The molecule has 21 heavy (non-hydrogen) atoms. The van der Waals surface area contributed by atoms with Crippen LogP contribution < -0.4 is 0 Å². The van der Waals surface area contributed by atoms with Gasteiger partial charge in [-0.1, -0.05) is 19.1 Å². The standard InChI is InChI=1S/C17H20N2O2/c1-12-9-15(7-8-16(12)20)17(21)19(2)11-14-5-3-13(10-18)4-6-14/h3-6,12,15H,7-9,11H2,1-2H3. The van der Waals surface area contributed by atoms with Crippen LogP contribution in [0.1, 0.15) is 37.3 Å². The fraction of sp³-hybridized carbons (Fsp3) is 0.471. The molecule has 0 spiro atoms. The lowest BCUT2D eigenvalue weighted by atomic mass is 9.81. The number of ketones is 1. The summed E-state index contributed by atoms with van der Waals surface area (Å²) in [5.41, 5.74) is 1.62. The molecule has 1 fully saturated rings. The molecule has 0 radical (unpaired) electrons. The first-order valence-corrected chi connectivity index (χ1v) is 7.28. The number of hydrogen-bond donors (Lipinski definition) is 0. The summed E-state index contributed by atoms with van der Waals surface area (Å²) in [4.78, 5) is 25.7. The van der Waals surface area contributed by atoms with Crippen molar-refractivity contribution in [3.05, 3.63) is 35.4 Å². The Morgan fingerprint density at radius 2 is 2.05 bits per heavy atom. The van der Waals surface area contributed by atoms with E-state index in [0.29, 0.717) is 31.4 Å². The summed E-state index contributed by atoms with van der Waals surface area (Å²) in [6.45, 7) is 2.44. The average Bonchev–Trinajstić information content (AvgIpc) is 2.50. The van der Waals surface area contributed by atoms with Gasteiger partial charge in [0.15, 0.2) is 0 Å². The molecule has 2 rings (SSSR count). The Balaban J connectivity index is 1.96. The van der Waals surface area contributed by atoms with Crippen LogP contribution in [0.2, 0.25) is 0 Å². The maximum absolute atomic E-state index is 12.4. The van der Waals surface area contributed by atoms with Gasteiger partial charge in [0.05, 0.1) is 11.6 Å². The highest BCUT2D eigenvalue weighted by Gasteiger charge is 2.31. The number of benzene rings is 1. The summed E-state index contributed by atoms with van der Waals surface area (Å²) in [6.07, 6.45) is 1.84. The molecule has 2 atom stereocenters. The van der Waals surface area contributed by atoms with Gasteiger partial charge in [0.1, 0.15) is 5.78 Å². The molecule has 1 aliphatic rings. The SMILES string of the molecule is CC1CC(C(=O)N(C)Cc2ccc(C#N)cc2)CCC1=O. The highest BCUT2D eigenvalue weighted by Crippen LogP contribution is 2.27.